The van der Waals surface area contributed by atoms with Gasteiger partial charge in [0.1, 0.15) is 11.4 Å². The monoisotopic (exact) mass is 266 g/mol. The second kappa shape index (κ2) is 5.49. The molecule has 2 aromatic rings. The Labute approximate surface area is 109 Å². The highest BCUT2D eigenvalue weighted by atomic mass is 35.5. The zero-order valence-electron chi connectivity index (χ0n) is 9.17. The maximum absolute atomic E-state index is 9.44. The molecule has 1 aromatic carbocycles. The lowest BCUT2D eigenvalue weighted by atomic mass is 10.1. The highest BCUT2D eigenvalue weighted by molar-refractivity contribution is 7.99. The Morgan fingerprint density at radius 2 is 2.18 bits per heavy atom. The van der Waals surface area contributed by atoms with Gasteiger partial charge in [0.05, 0.1) is 11.1 Å². The third-order valence-corrected chi connectivity index (χ3v) is 3.66. The first kappa shape index (κ1) is 12.4. The smallest absolute Gasteiger partial charge is 0.116 e. The van der Waals surface area contributed by atoms with Crippen molar-refractivity contribution in [2.75, 3.05) is 0 Å². The van der Waals surface area contributed by atoms with Crippen molar-refractivity contribution in [1.29, 1.82) is 0 Å². The zero-order valence-corrected chi connectivity index (χ0v) is 10.7. The molecule has 2 rings (SSSR count). The minimum Gasteiger partial charge on any atom is -0.389 e. The number of hydrogen-bond donors (Lipinski definition) is 1. The van der Waals surface area contributed by atoms with Crippen LogP contribution in [0.3, 0.4) is 0 Å². The summed E-state index contributed by atoms with van der Waals surface area (Å²) in [6, 6.07) is 7.34. The fourth-order valence-corrected chi connectivity index (χ4v) is 2.36. The third-order valence-electron chi connectivity index (χ3n) is 2.21. The molecule has 0 bridgehead atoms. The molecule has 1 atom stereocenters. The van der Waals surface area contributed by atoms with E-state index in [4.69, 9.17) is 11.6 Å². The lowest BCUT2D eigenvalue weighted by Crippen LogP contribution is -1.91. The van der Waals surface area contributed by atoms with Gasteiger partial charge < -0.3 is 5.11 Å². The first-order valence-corrected chi connectivity index (χ1v) is 6.27. The van der Waals surface area contributed by atoms with Crippen LogP contribution in [0.5, 0.6) is 0 Å². The molecule has 0 fully saturated rings. The number of rotatable bonds is 3. The summed E-state index contributed by atoms with van der Waals surface area (Å²) >= 11 is 7.62. The van der Waals surface area contributed by atoms with Crippen LogP contribution >= 0.6 is 23.4 Å². The van der Waals surface area contributed by atoms with E-state index < -0.39 is 6.10 Å². The summed E-state index contributed by atoms with van der Waals surface area (Å²) in [7, 11) is 0. The highest BCUT2D eigenvalue weighted by Crippen LogP contribution is 2.33. The normalized spacial score (nSPS) is 12.4. The Hall–Kier alpha value is -1.10. The summed E-state index contributed by atoms with van der Waals surface area (Å²) in [6.07, 6.45) is 2.68. The average molecular weight is 267 g/mol. The molecule has 0 spiro atoms. The summed E-state index contributed by atoms with van der Waals surface area (Å²) in [5.41, 5.74) is 0.807. The van der Waals surface area contributed by atoms with Gasteiger partial charge in [-0.05, 0) is 30.7 Å². The van der Waals surface area contributed by atoms with E-state index >= 15 is 0 Å². The van der Waals surface area contributed by atoms with E-state index in [9.17, 15) is 5.11 Å². The van der Waals surface area contributed by atoms with Crippen molar-refractivity contribution in [3.05, 3.63) is 47.4 Å². The Morgan fingerprint density at radius 3 is 2.76 bits per heavy atom. The van der Waals surface area contributed by atoms with Crippen LogP contribution in [0, 0.1) is 0 Å². The van der Waals surface area contributed by atoms with E-state index in [1.807, 2.05) is 18.2 Å². The lowest BCUT2D eigenvalue weighted by Gasteiger charge is -2.08. The van der Waals surface area contributed by atoms with Gasteiger partial charge in [0.15, 0.2) is 0 Å². The van der Waals surface area contributed by atoms with E-state index in [0.29, 0.717) is 5.02 Å². The van der Waals surface area contributed by atoms with E-state index in [1.54, 1.807) is 19.2 Å². The van der Waals surface area contributed by atoms with Crippen molar-refractivity contribution >= 4 is 23.4 Å². The second-order valence-corrected chi connectivity index (χ2v) is 4.98. The molecular weight excluding hydrogens is 256 g/mol. The SMILES string of the molecule is CC(O)c1ccc(Sc2ccncn2)c(Cl)c1. The number of hydrogen-bond acceptors (Lipinski definition) is 4. The molecule has 88 valence electrons. The van der Waals surface area contributed by atoms with Gasteiger partial charge in [-0.2, -0.15) is 0 Å². The standard InChI is InChI=1S/C12H11ClN2OS/c1-8(16)9-2-3-11(10(13)6-9)17-12-4-5-14-7-15-12/h2-8,16H,1H3. The van der Waals surface area contributed by atoms with Crippen LogP contribution in [-0.2, 0) is 0 Å². The topological polar surface area (TPSA) is 46.0 Å². The quantitative estimate of drug-likeness (QED) is 0.866. The first-order valence-electron chi connectivity index (χ1n) is 5.08. The van der Waals surface area contributed by atoms with E-state index in [2.05, 4.69) is 9.97 Å². The van der Waals surface area contributed by atoms with Gasteiger partial charge in [0.25, 0.3) is 0 Å². The summed E-state index contributed by atoms with van der Waals surface area (Å²) < 4.78 is 0. The molecule has 0 saturated heterocycles. The fraction of sp³-hybridized carbons (Fsp3) is 0.167. The predicted molar refractivity (Wildman–Crippen MR) is 68.2 cm³/mol. The van der Waals surface area contributed by atoms with Crippen molar-refractivity contribution in [3.8, 4) is 0 Å². The minimum absolute atomic E-state index is 0.509. The van der Waals surface area contributed by atoms with Crippen LogP contribution in [-0.4, -0.2) is 15.1 Å². The van der Waals surface area contributed by atoms with Crippen LogP contribution < -0.4 is 0 Å². The maximum Gasteiger partial charge on any atom is 0.116 e. The molecule has 0 amide bonds. The predicted octanol–water partition coefficient (Wildman–Crippen LogP) is 3.33. The average Bonchev–Trinajstić information content (AvgIpc) is 2.33. The van der Waals surface area contributed by atoms with Crippen molar-refractivity contribution in [2.45, 2.75) is 22.9 Å². The van der Waals surface area contributed by atoms with Gasteiger partial charge in [-0.15, -0.1) is 0 Å². The number of nitrogens with zero attached hydrogens (tertiary/aromatic N) is 2. The molecule has 5 heteroatoms. The summed E-state index contributed by atoms with van der Waals surface area (Å²) in [5, 5.41) is 10.9. The molecular formula is C12H11ClN2OS. The first-order chi connectivity index (χ1) is 8.16. The van der Waals surface area contributed by atoms with Crippen molar-refractivity contribution in [1.82, 2.24) is 9.97 Å². The number of aromatic nitrogens is 2. The van der Waals surface area contributed by atoms with Crippen LogP contribution in [0.15, 0.2) is 46.7 Å². The third kappa shape index (κ3) is 3.19. The molecule has 1 N–H and O–H groups in total. The van der Waals surface area contributed by atoms with Gasteiger partial charge in [-0.25, -0.2) is 9.97 Å². The second-order valence-electron chi connectivity index (χ2n) is 3.52. The Balaban J connectivity index is 2.23. The van der Waals surface area contributed by atoms with Crippen LogP contribution in [0.2, 0.25) is 5.02 Å². The molecule has 3 nitrogen and oxygen atoms in total. The maximum atomic E-state index is 9.44. The molecule has 0 aliphatic heterocycles. The number of halogens is 1. The molecule has 1 heterocycles. The Kier molecular flexibility index (Phi) is 3.99. The fourth-order valence-electron chi connectivity index (χ4n) is 1.31. The number of aliphatic hydroxyl groups is 1. The lowest BCUT2D eigenvalue weighted by molar-refractivity contribution is 0.199. The van der Waals surface area contributed by atoms with Crippen molar-refractivity contribution < 1.29 is 5.11 Å². The number of benzene rings is 1. The summed E-state index contributed by atoms with van der Waals surface area (Å²) in [6.45, 7) is 1.71. The molecule has 0 saturated carbocycles. The van der Waals surface area contributed by atoms with E-state index in [0.717, 1.165) is 15.5 Å². The number of aliphatic hydroxyl groups excluding tert-OH is 1. The molecule has 1 unspecified atom stereocenters. The van der Waals surface area contributed by atoms with Gasteiger partial charge in [-0.1, -0.05) is 29.4 Å². The molecule has 1 aromatic heterocycles. The Bertz CT molecular complexity index is 505. The Morgan fingerprint density at radius 1 is 1.35 bits per heavy atom. The van der Waals surface area contributed by atoms with E-state index in [-0.39, 0.29) is 0 Å². The van der Waals surface area contributed by atoms with E-state index in [1.165, 1.54) is 18.1 Å². The molecule has 17 heavy (non-hydrogen) atoms. The molecule has 0 aliphatic rings. The zero-order chi connectivity index (χ0) is 12.3. The van der Waals surface area contributed by atoms with Crippen LogP contribution in [0.4, 0.5) is 0 Å². The van der Waals surface area contributed by atoms with Gasteiger partial charge >= 0.3 is 0 Å². The largest absolute Gasteiger partial charge is 0.389 e. The molecule has 0 radical (unpaired) electrons. The van der Waals surface area contributed by atoms with Gasteiger partial charge in [-0.3, -0.25) is 0 Å². The molecule has 0 aliphatic carbocycles. The van der Waals surface area contributed by atoms with Gasteiger partial charge in [0, 0.05) is 11.1 Å². The van der Waals surface area contributed by atoms with Crippen LogP contribution in [0.1, 0.15) is 18.6 Å². The minimum atomic E-state index is -0.509. The summed E-state index contributed by atoms with van der Waals surface area (Å²) in [5.74, 6) is 0. The van der Waals surface area contributed by atoms with Gasteiger partial charge in [0.2, 0.25) is 0 Å². The highest BCUT2D eigenvalue weighted by Gasteiger charge is 2.07. The van der Waals surface area contributed by atoms with Crippen molar-refractivity contribution in [3.63, 3.8) is 0 Å². The van der Waals surface area contributed by atoms with Crippen LogP contribution in [0.25, 0.3) is 0 Å². The van der Waals surface area contributed by atoms with Crippen molar-refractivity contribution in [2.24, 2.45) is 0 Å². The summed E-state index contributed by atoms with van der Waals surface area (Å²) in [4.78, 5) is 8.88.